The Labute approximate surface area is 216 Å². The van der Waals surface area contributed by atoms with Gasteiger partial charge in [-0.15, -0.1) is 10.2 Å². The van der Waals surface area contributed by atoms with Crippen LogP contribution in [0, 0.1) is 5.82 Å². The zero-order valence-corrected chi connectivity index (χ0v) is 20.5. The fourth-order valence-electron chi connectivity index (χ4n) is 4.68. The average Bonchev–Trinajstić information content (AvgIpc) is 3.60. The molecule has 0 aliphatic carbocycles. The first-order valence-electron chi connectivity index (χ1n) is 11.9. The van der Waals surface area contributed by atoms with Gasteiger partial charge in [0, 0.05) is 59.7 Å². The van der Waals surface area contributed by atoms with Gasteiger partial charge in [0.1, 0.15) is 17.9 Å². The van der Waals surface area contributed by atoms with E-state index in [1.165, 1.54) is 6.07 Å². The highest BCUT2D eigenvalue weighted by atomic mass is 35.5. The number of amides is 2. The lowest BCUT2D eigenvalue weighted by Gasteiger charge is -2.27. The molecule has 4 aromatic rings. The first-order valence-corrected chi connectivity index (χ1v) is 12.3. The van der Waals surface area contributed by atoms with E-state index < -0.39 is 0 Å². The summed E-state index contributed by atoms with van der Waals surface area (Å²) in [7, 11) is 0. The minimum absolute atomic E-state index is 0.173. The Balaban J connectivity index is 1.17. The Kier molecular flexibility index (Phi) is 6.09. The molecule has 0 radical (unpaired) electrons. The van der Waals surface area contributed by atoms with E-state index in [1.54, 1.807) is 52.2 Å². The number of nitrogens with zero attached hydrogens (tertiary/aromatic N) is 5. The predicted molar refractivity (Wildman–Crippen MR) is 138 cm³/mol. The molecule has 2 aliphatic heterocycles. The number of ether oxygens (including phenoxy) is 1. The highest BCUT2D eigenvalue weighted by molar-refractivity contribution is 6.30. The Morgan fingerprint density at radius 2 is 2.03 bits per heavy atom. The summed E-state index contributed by atoms with van der Waals surface area (Å²) < 4.78 is 21.9. The van der Waals surface area contributed by atoms with E-state index in [-0.39, 0.29) is 18.4 Å². The molecule has 2 aliphatic rings. The number of rotatable bonds is 5. The van der Waals surface area contributed by atoms with Crippen LogP contribution in [0.2, 0.25) is 5.02 Å². The van der Waals surface area contributed by atoms with Crippen molar-refractivity contribution in [1.82, 2.24) is 24.5 Å². The van der Waals surface area contributed by atoms with Crippen LogP contribution in [0.3, 0.4) is 0 Å². The van der Waals surface area contributed by atoms with Crippen molar-refractivity contribution in [2.75, 3.05) is 30.3 Å². The van der Waals surface area contributed by atoms with Gasteiger partial charge in [-0.3, -0.25) is 4.40 Å². The molecule has 0 spiro atoms. The highest BCUT2D eigenvalue weighted by Gasteiger charge is 2.22. The van der Waals surface area contributed by atoms with Gasteiger partial charge in [-0.2, -0.15) is 0 Å². The van der Waals surface area contributed by atoms with Crippen molar-refractivity contribution in [2.45, 2.75) is 19.4 Å². The van der Waals surface area contributed by atoms with E-state index in [0.29, 0.717) is 60.4 Å². The summed E-state index contributed by atoms with van der Waals surface area (Å²) in [6.45, 7) is 1.82. The third-order valence-electron chi connectivity index (χ3n) is 6.63. The molecule has 0 fully saturated rings. The Morgan fingerprint density at radius 3 is 2.84 bits per heavy atom. The van der Waals surface area contributed by atoms with Gasteiger partial charge >= 0.3 is 6.03 Å². The van der Waals surface area contributed by atoms with Crippen LogP contribution in [0.5, 0.6) is 5.75 Å². The standard InChI is InChI=1S/C26H23ClFN7O2/c27-17-1-3-18(4-2-17)32-26(36)34-10-7-16(8-11-34)20-13-29-25(35-15-31-33-24(20)35)30-14-21-19-9-12-37-23(19)6-5-22(21)28/h1-7,13,15H,8-12,14H2,(H,29,30)(H,32,36). The SMILES string of the molecule is O=C(Nc1ccc(Cl)cc1)N1CC=C(c2cnc(NCc3c(F)ccc4c3CCO4)n3cnnc23)CC1. The van der Waals surface area contributed by atoms with Crippen molar-refractivity contribution in [1.29, 1.82) is 0 Å². The third-order valence-corrected chi connectivity index (χ3v) is 6.89. The third kappa shape index (κ3) is 4.55. The second kappa shape index (κ2) is 9.70. The molecule has 0 atom stereocenters. The number of hydrogen-bond acceptors (Lipinski definition) is 6. The minimum Gasteiger partial charge on any atom is -0.493 e. The maximum atomic E-state index is 14.5. The molecule has 0 unspecified atom stereocenters. The van der Waals surface area contributed by atoms with Gasteiger partial charge in [-0.25, -0.2) is 14.2 Å². The zero-order chi connectivity index (χ0) is 25.4. The summed E-state index contributed by atoms with van der Waals surface area (Å²) >= 11 is 5.92. The van der Waals surface area contributed by atoms with E-state index in [4.69, 9.17) is 16.3 Å². The zero-order valence-electron chi connectivity index (χ0n) is 19.7. The van der Waals surface area contributed by atoms with E-state index >= 15 is 0 Å². The molecule has 37 heavy (non-hydrogen) atoms. The number of anilines is 2. The fourth-order valence-corrected chi connectivity index (χ4v) is 4.81. The van der Waals surface area contributed by atoms with Crippen LogP contribution in [0.25, 0.3) is 11.2 Å². The summed E-state index contributed by atoms with van der Waals surface area (Å²) in [6.07, 6.45) is 6.66. The van der Waals surface area contributed by atoms with Crippen LogP contribution in [0.1, 0.15) is 23.1 Å². The van der Waals surface area contributed by atoms with Crippen molar-refractivity contribution in [3.05, 3.63) is 82.5 Å². The summed E-state index contributed by atoms with van der Waals surface area (Å²) in [5.41, 5.74) is 4.69. The largest absolute Gasteiger partial charge is 0.493 e. The molecule has 0 saturated heterocycles. The summed E-state index contributed by atoms with van der Waals surface area (Å²) in [4.78, 5) is 19.0. The number of hydrogen-bond donors (Lipinski definition) is 2. The minimum atomic E-state index is -0.273. The Morgan fingerprint density at radius 1 is 1.16 bits per heavy atom. The number of fused-ring (bicyclic) bond motifs is 2. The van der Waals surface area contributed by atoms with E-state index in [1.807, 2.05) is 6.08 Å². The van der Waals surface area contributed by atoms with Crippen LogP contribution in [0.4, 0.5) is 20.8 Å². The lowest BCUT2D eigenvalue weighted by Crippen LogP contribution is -2.37. The lowest BCUT2D eigenvalue weighted by atomic mass is 10.0. The molecule has 4 heterocycles. The predicted octanol–water partition coefficient (Wildman–Crippen LogP) is 4.79. The van der Waals surface area contributed by atoms with E-state index in [9.17, 15) is 9.18 Å². The number of aromatic nitrogens is 4. The molecule has 2 N–H and O–H groups in total. The quantitative estimate of drug-likeness (QED) is 0.394. The van der Waals surface area contributed by atoms with Crippen molar-refractivity contribution >= 4 is 40.5 Å². The smallest absolute Gasteiger partial charge is 0.322 e. The average molecular weight is 520 g/mol. The van der Waals surface area contributed by atoms with Crippen LogP contribution >= 0.6 is 11.6 Å². The van der Waals surface area contributed by atoms with Crippen LogP contribution in [-0.2, 0) is 13.0 Å². The number of nitrogens with one attached hydrogen (secondary N) is 2. The molecule has 188 valence electrons. The summed E-state index contributed by atoms with van der Waals surface area (Å²) in [6, 6.07) is 9.93. The van der Waals surface area contributed by atoms with Crippen molar-refractivity contribution in [2.24, 2.45) is 0 Å². The Hall–Kier alpha value is -4.18. The molecule has 11 heteroatoms. The van der Waals surface area contributed by atoms with Gasteiger partial charge < -0.3 is 20.3 Å². The summed E-state index contributed by atoms with van der Waals surface area (Å²) in [5, 5.41) is 15.1. The second-order valence-corrected chi connectivity index (χ2v) is 9.27. The van der Waals surface area contributed by atoms with E-state index in [2.05, 4.69) is 25.8 Å². The van der Waals surface area contributed by atoms with Crippen molar-refractivity contribution < 1.29 is 13.9 Å². The number of urea groups is 1. The first-order chi connectivity index (χ1) is 18.1. The molecule has 2 amide bonds. The normalized spacial score (nSPS) is 14.8. The van der Waals surface area contributed by atoms with Crippen molar-refractivity contribution in [3.8, 4) is 5.75 Å². The molecule has 0 bridgehead atoms. The lowest BCUT2D eigenvalue weighted by molar-refractivity contribution is 0.217. The summed E-state index contributed by atoms with van der Waals surface area (Å²) in [5.74, 6) is 0.974. The van der Waals surface area contributed by atoms with Crippen LogP contribution in [-0.4, -0.2) is 50.2 Å². The monoisotopic (exact) mass is 519 g/mol. The highest BCUT2D eigenvalue weighted by Crippen LogP contribution is 2.31. The van der Waals surface area contributed by atoms with Gasteiger partial charge in [-0.05, 0) is 48.4 Å². The fraction of sp³-hybridized carbons (Fsp3) is 0.231. The number of carbonyl (C=O) groups excluding carboxylic acids is 1. The van der Waals surface area contributed by atoms with Crippen LogP contribution < -0.4 is 15.4 Å². The van der Waals surface area contributed by atoms with Gasteiger partial charge in [0.15, 0.2) is 5.65 Å². The number of carbonyl (C=O) groups is 1. The molecule has 6 rings (SSSR count). The second-order valence-electron chi connectivity index (χ2n) is 8.84. The van der Waals surface area contributed by atoms with Crippen LogP contribution in [0.15, 0.2) is 55.0 Å². The van der Waals surface area contributed by atoms with E-state index in [0.717, 1.165) is 22.4 Å². The van der Waals surface area contributed by atoms with Gasteiger partial charge in [0.05, 0.1) is 6.61 Å². The molecule has 2 aromatic heterocycles. The maximum absolute atomic E-state index is 14.5. The molecule has 0 saturated carbocycles. The maximum Gasteiger partial charge on any atom is 0.322 e. The number of halogens is 2. The number of benzene rings is 2. The van der Waals surface area contributed by atoms with Gasteiger partial charge in [0.25, 0.3) is 0 Å². The molecule has 9 nitrogen and oxygen atoms in total. The van der Waals surface area contributed by atoms with Gasteiger partial charge in [0.2, 0.25) is 5.95 Å². The molecule has 2 aromatic carbocycles. The molecular formula is C26H23ClFN7O2. The topological polar surface area (TPSA) is 96.7 Å². The first kappa shape index (κ1) is 23.2. The van der Waals surface area contributed by atoms with Crippen molar-refractivity contribution in [3.63, 3.8) is 0 Å². The molecular weight excluding hydrogens is 497 g/mol. The van der Waals surface area contributed by atoms with Gasteiger partial charge in [-0.1, -0.05) is 17.7 Å². The Bertz CT molecular complexity index is 1520.